The standard InChI is InChI=1S/C36H23N5/c1-2-11-24(12-3-1)27-18-10-22-41-36(27)39-35(40-41)26-14-8-13-25(23-26)31-20-9-21-33(37-31)34-30-17-5-4-15-28(30)29-16-6-7-19-32(29)38-34/h1-23H. The summed E-state index contributed by atoms with van der Waals surface area (Å²) < 4.78 is 1.85. The molecule has 0 N–H and O–H groups in total. The Bertz CT molecular complexity index is 2220. The van der Waals surface area contributed by atoms with Gasteiger partial charge in [-0.05, 0) is 47.3 Å². The maximum absolute atomic E-state index is 5.09. The number of fused-ring (bicyclic) bond motifs is 4. The van der Waals surface area contributed by atoms with Crippen molar-refractivity contribution in [3.8, 4) is 45.2 Å². The minimum Gasteiger partial charge on any atom is -0.246 e. The maximum Gasteiger partial charge on any atom is 0.182 e. The van der Waals surface area contributed by atoms with E-state index >= 15 is 0 Å². The fourth-order valence-electron chi connectivity index (χ4n) is 5.52. The molecule has 0 aliphatic carbocycles. The number of aromatic nitrogens is 5. The summed E-state index contributed by atoms with van der Waals surface area (Å²) in [5.74, 6) is 0.675. The second-order valence-electron chi connectivity index (χ2n) is 10.0. The van der Waals surface area contributed by atoms with Gasteiger partial charge in [0.2, 0.25) is 0 Å². The number of benzene rings is 4. The highest BCUT2D eigenvalue weighted by molar-refractivity contribution is 6.10. The molecular formula is C36H23N5. The molecule has 8 aromatic rings. The van der Waals surface area contributed by atoms with Crippen molar-refractivity contribution < 1.29 is 0 Å². The SMILES string of the molecule is c1ccc(-c2cccn3nc(-c4cccc(-c5cccc(-c6nc7ccccc7c7ccccc67)n5)c4)nc23)cc1. The fraction of sp³-hybridized carbons (Fsp3) is 0. The molecule has 5 heteroatoms. The normalized spacial score (nSPS) is 11.4. The summed E-state index contributed by atoms with van der Waals surface area (Å²) in [6.07, 6.45) is 1.94. The zero-order valence-corrected chi connectivity index (χ0v) is 22.0. The Hall–Kier alpha value is -5.68. The third kappa shape index (κ3) is 4.03. The van der Waals surface area contributed by atoms with Crippen LogP contribution in [0.1, 0.15) is 0 Å². The van der Waals surface area contributed by atoms with Gasteiger partial charge in [-0.3, -0.25) is 0 Å². The highest BCUT2D eigenvalue weighted by atomic mass is 15.3. The summed E-state index contributed by atoms with van der Waals surface area (Å²) in [4.78, 5) is 15.1. The van der Waals surface area contributed by atoms with Crippen LogP contribution < -0.4 is 0 Å². The first kappa shape index (κ1) is 23.2. The number of hydrogen-bond acceptors (Lipinski definition) is 4. The lowest BCUT2D eigenvalue weighted by Gasteiger charge is -2.11. The summed E-state index contributed by atoms with van der Waals surface area (Å²) in [7, 11) is 0. The molecule has 0 aliphatic heterocycles. The van der Waals surface area contributed by atoms with Crippen LogP contribution >= 0.6 is 0 Å². The van der Waals surface area contributed by atoms with E-state index in [1.54, 1.807) is 0 Å². The second kappa shape index (κ2) is 9.50. The Morgan fingerprint density at radius 3 is 2.07 bits per heavy atom. The van der Waals surface area contributed by atoms with Crippen molar-refractivity contribution in [2.24, 2.45) is 0 Å². The van der Waals surface area contributed by atoms with Crippen LogP contribution in [0.5, 0.6) is 0 Å². The van der Waals surface area contributed by atoms with Gasteiger partial charge >= 0.3 is 0 Å². The molecular weight excluding hydrogens is 502 g/mol. The molecule has 0 radical (unpaired) electrons. The van der Waals surface area contributed by atoms with E-state index in [2.05, 4.69) is 72.8 Å². The first-order valence-electron chi connectivity index (χ1n) is 13.6. The third-order valence-electron chi connectivity index (χ3n) is 7.46. The van der Waals surface area contributed by atoms with Crippen molar-refractivity contribution in [1.29, 1.82) is 0 Å². The average molecular weight is 526 g/mol. The van der Waals surface area contributed by atoms with Crippen LogP contribution in [-0.2, 0) is 0 Å². The van der Waals surface area contributed by atoms with Gasteiger partial charge in [0.1, 0.15) is 0 Å². The molecule has 5 nitrogen and oxygen atoms in total. The van der Waals surface area contributed by atoms with Gasteiger partial charge in [0.25, 0.3) is 0 Å². The minimum atomic E-state index is 0.675. The number of hydrogen-bond donors (Lipinski definition) is 0. The molecule has 0 spiro atoms. The van der Waals surface area contributed by atoms with E-state index in [1.165, 1.54) is 5.39 Å². The van der Waals surface area contributed by atoms with E-state index < -0.39 is 0 Å². The van der Waals surface area contributed by atoms with Crippen LogP contribution in [0.3, 0.4) is 0 Å². The molecule has 0 bridgehead atoms. The van der Waals surface area contributed by atoms with Gasteiger partial charge < -0.3 is 0 Å². The molecule has 192 valence electrons. The Kier molecular flexibility index (Phi) is 5.38. The summed E-state index contributed by atoms with van der Waals surface area (Å²) in [5.41, 5.74) is 8.48. The zero-order chi connectivity index (χ0) is 27.2. The molecule has 0 saturated carbocycles. The van der Waals surface area contributed by atoms with E-state index in [9.17, 15) is 0 Å². The monoisotopic (exact) mass is 525 g/mol. The molecule has 4 aromatic heterocycles. The summed E-state index contributed by atoms with van der Waals surface area (Å²) in [6.45, 7) is 0. The molecule has 0 amide bonds. The molecule has 0 saturated heterocycles. The van der Waals surface area contributed by atoms with Gasteiger partial charge in [-0.1, -0.05) is 97.1 Å². The van der Waals surface area contributed by atoms with E-state index in [4.69, 9.17) is 20.1 Å². The van der Waals surface area contributed by atoms with Gasteiger partial charge in [-0.15, -0.1) is 5.10 Å². The molecule has 0 aliphatic rings. The fourth-order valence-corrected chi connectivity index (χ4v) is 5.52. The Morgan fingerprint density at radius 1 is 0.463 bits per heavy atom. The highest BCUT2D eigenvalue weighted by Gasteiger charge is 2.14. The van der Waals surface area contributed by atoms with E-state index in [0.717, 1.165) is 61.3 Å². The van der Waals surface area contributed by atoms with E-state index in [-0.39, 0.29) is 0 Å². The molecule has 0 fully saturated rings. The largest absolute Gasteiger partial charge is 0.246 e. The van der Waals surface area contributed by atoms with Crippen molar-refractivity contribution in [2.45, 2.75) is 0 Å². The van der Waals surface area contributed by atoms with Crippen molar-refractivity contribution in [2.75, 3.05) is 0 Å². The number of nitrogens with zero attached hydrogens (tertiary/aromatic N) is 5. The quantitative estimate of drug-likeness (QED) is 0.216. The molecule has 0 unspecified atom stereocenters. The van der Waals surface area contributed by atoms with Crippen LogP contribution in [0.25, 0.3) is 72.5 Å². The van der Waals surface area contributed by atoms with Gasteiger partial charge in [0, 0.05) is 33.7 Å². The van der Waals surface area contributed by atoms with Gasteiger partial charge in [-0.2, -0.15) is 0 Å². The van der Waals surface area contributed by atoms with Gasteiger partial charge in [0.05, 0.1) is 22.6 Å². The van der Waals surface area contributed by atoms with Crippen molar-refractivity contribution in [3.63, 3.8) is 0 Å². The second-order valence-corrected chi connectivity index (χ2v) is 10.0. The number of pyridine rings is 3. The Labute approximate surface area is 236 Å². The van der Waals surface area contributed by atoms with E-state index in [0.29, 0.717) is 5.82 Å². The van der Waals surface area contributed by atoms with Crippen LogP contribution in [0.15, 0.2) is 140 Å². The first-order valence-corrected chi connectivity index (χ1v) is 13.6. The van der Waals surface area contributed by atoms with Crippen molar-refractivity contribution >= 4 is 27.3 Å². The zero-order valence-electron chi connectivity index (χ0n) is 22.0. The third-order valence-corrected chi connectivity index (χ3v) is 7.46. The molecule has 8 rings (SSSR count). The summed E-state index contributed by atoms with van der Waals surface area (Å²) in [5, 5.41) is 8.22. The van der Waals surface area contributed by atoms with E-state index in [1.807, 2.05) is 71.4 Å². The molecule has 0 atom stereocenters. The Morgan fingerprint density at radius 2 is 1.17 bits per heavy atom. The average Bonchev–Trinajstić information content (AvgIpc) is 3.50. The van der Waals surface area contributed by atoms with Crippen LogP contribution in [-0.4, -0.2) is 24.6 Å². The lowest BCUT2D eigenvalue weighted by Crippen LogP contribution is -1.93. The summed E-state index contributed by atoms with van der Waals surface area (Å²) in [6, 6.07) is 45.4. The van der Waals surface area contributed by atoms with Crippen LogP contribution in [0.4, 0.5) is 0 Å². The summed E-state index contributed by atoms with van der Waals surface area (Å²) >= 11 is 0. The maximum atomic E-state index is 5.09. The minimum absolute atomic E-state index is 0.675. The van der Waals surface area contributed by atoms with Gasteiger partial charge in [0.15, 0.2) is 11.5 Å². The number of para-hydroxylation sites is 1. The van der Waals surface area contributed by atoms with Crippen molar-refractivity contribution in [3.05, 3.63) is 140 Å². The smallest absolute Gasteiger partial charge is 0.182 e. The predicted molar refractivity (Wildman–Crippen MR) is 165 cm³/mol. The lowest BCUT2D eigenvalue weighted by atomic mass is 10.0. The predicted octanol–water partition coefficient (Wildman–Crippen LogP) is 8.49. The molecule has 41 heavy (non-hydrogen) atoms. The van der Waals surface area contributed by atoms with Crippen LogP contribution in [0, 0.1) is 0 Å². The Balaban J connectivity index is 1.22. The lowest BCUT2D eigenvalue weighted by molar-refractivity contribution is 0.967. The van der Waals surface area contributed by atoms with Gasteiger partial charge in [-0.25, -0.2) is 19.5 Å². The number of rotatable bonds is 4. The molecule has 4 heterocycles. The highest BCUT2D eigenvalue weighted by Crippen LogP contribution is 2.33. The first-order chi connectivity index (χ1) is 20.3. The molecule has 4 aromatic carbocycles. The van der Waals surface area contributed by atoms with Crippen LogP contribution in [0.2, 0.25) is 0 Å². The van der Waals surface area contributed by atoms with Crippen molar-refractivity contribution in [1.82, 2.24) is 24.6 Å². The topological polar surface area (TPSA) is 56.0 Å².